The summed E-state index contributed by atoms with van der Waals surface area (Å²) < 4.78 is 6.75. The highest BCUT2D eigenvalue weighted by Gasteiger charge is 2.15. The number of hydrogen-bond donors (Lipinski definition) is 4. The number of rotatable bonds is 8. The maximum atomic E-state index is 8.91. The van der Waals surface area contributed by atoms with E-state index >= 15 is 0 Å². The van der Waals surface area contributed by atoms with Gasteiger partial charge in [-0.15, -0.1) is 16.4 Å². The number of nitrogens with one attached hydrogen (secondary N) is 3. The first kappa shape index (κ1) is 19.1. The number of fused-ring (bicyclic) bond motifs is 1. The van der Waals surface area contributed by atoms with Crippen molar-refractivity contribution >= 4 is 44.8 Å². The number of anilines is 4. The Morgan fingerprint density at radius 1 is 1.17 bits per heavy atom. The lowest BCUT2D eigenvalue weighted by Gasteiger charge is -2.15. The van der Waals surface area contributed by atoms with Crippen molar-refractivity contribution in [3.63, 3.8) is 0 Å². The van der Waals surface area contributed by atoms with Gasteiger partial charge < -0.3 is 25.5 Å². The maximum absolute atomic E-state index is 8.91. The van der Waals surface area contributed by atoms with Crippen LogP contribution in [-0.4, -0.2) is 44.5 Å². The van der Waals surface area contributed by atoms with Crippen LogP contribution < -0.4 is 16.0 Å². The molecule has 0 aliphatic carbocycles. The van der Waals surface area contributed by atoms with Crippen molar-refractivity contribution in [2.75, 3.05) is 29.1 Å². The average molecular weight is 411 g/mol. The number of aliphatic hydroxyl groups excluding tert-OH is 1. The fourth-order valence-corrected chi connectivity index (χ4v) is 3.49. The molecule has 4 N–H and O–H groups in total. The van der Waals surface area contributed by atoms with Crippen LogP contribution in [0.25, 0.3) is 21.7 Å². The van der Waals surface area contributed by atoms with Gasteiger partial charge in [-0.05, 0) is 32.0 Å². The number of nitrogens with zero attached hydrogens (tertiary/aromatic N) is 4. The largest absolute Gasteiger partial charge is 0.403 e. The highest BCUT2D eigenvalue weighted by Crippen LogP contribution is 2.31. The Bertz CT molecular complexity index is 1110. The van der Waals surface area contributed by atoms with E-state index in [0.29, 0.717) is 23.8 Å². The van der Waals surface area contributed by atoms with Gasteiger partial charge in [0.2, 0.25) is 0 Å². The molecule has 4 aromatic rings. The monoisotopic (exact) mass is 411 g/mol. The Balaban J connectivity index is 1.62. The quantitative estimate of drug-likeness (QED) is 0.344. The molecular weight excluding hydrogens is 390 g/mol. The normalized spacial score (nSPS) is 11.2. The molecule has 3 aromatic heterocycles. The van der Waals surface area contributed by atoms with E-state index in [9.17, 15) is 0 Å². The minimum atomic E-state index is -0.0207. The lowest BCUT2D eigenvalue weighted by atomic mass is 10.2. The van der Waals surface area contributed by atoms with Gasteiger partial charge in [-0.1, -0.05) is 5.10 Å². The predicted molar refractivity (Wildman–Crippen MR) is 115 cm³/mol. The summed E-state index contributed by atoms with van der Waals surface area (Å²) in [5.41, 5.74) is 5.28. The molecule has 0 saturated heterocycles. The summed E-state index contributed by atoms with van der Waals surface area (Å²) in [6.07, 6.45) is 1.70. The molecule has 29 heavy (non-hydrogen) atoms. The molecule has 3 heterocycles. The molecule has 0 atom stereocenters. The van der Waals surface area contributed by atoms with Crippen molar-refractivity contribution in [1.29, 1.82) is 0 Å². The van der Waals surface area contributed by atoms with Crippen molar-refractivity contribution in [2.45, 2.75) is 19.9 Å². The van der Waals surface area contributed by atoms with E-state index in [1.807, 2.05) is 23.7 Å². The fraction of sp³-hybridized carbons (Fsp3) is 0.263. The Hall–Kier alpha value is -3.24. The minimum Gasteiger partial charge on any atom is -0.403 e. The summed E-state index contributed by atoms with van der Waals surface area (Å²) in [6.45, 7) is 4.42. The van der Waals surface area contributed by atoms with Gasteiger partial charge in [-0.2, -0.15) is 0 Å². The molecule has 0 aliphatic heterocycles. The van der Waals surface area contributed by atoms with Crippen LogP contribution >= 0.6 is 11.3 Å². The van der Waals surface area contributed by atoms with Crippen LogP contribution in [0.1, 0.15) is 13.8 Å². The molecule has 0 unspecified atom stereocenters. The van der Waals surface area contributed by atoms with Crippen LogP contribution in [0.3, 0.4) is 0 Å². The number of benzene rings is 1. The van der Waals surface area contributed by atoms with Crippen LogP contribution in [0.5, 0.6) is 0 Å². The van der Waals surface area contributed by atoms with Gasteiger partial charge in [0.1, 0.15) is 5.82 Å². The van der Waals surface area contributed by atoms with Crippen molar-refractivity contribution in [3.05, 3.63) is 36.0 Å². The van der Waals surface area contributed by atoms with Crippen molar-refractivity contribution < 1.29 is 9.52 Å². The summed E-state index contributed by atoms with van der Waals surface area (Å²) in [5.74, 6) is 1.04. The van der Waals surface area contributed by atoms with Gasteiger partial charge in [-0.25, -0.2) is 9.97 Å². The summed E-state index contributed by atoms with van der Waals surface area (Å²) in [4.78, 5) is 8.81. The third kappa shape index (κ3) is 4.44. The second kappa shape index (κ2) is 8.41. The zero-order valence-corrected chi connectivity index (χ0v) is 16.8. The molecule has 150 valence electrons. The smallest absolute Gasteiger partial charge is 0.315 e. The van der Waals surface area contributed by atoms with Crippen molar-refractivity contribution in [1.82, 2.24) is 20.2 Å². The first-order valence-corrected chi connectivity index (χ1v) is 10.1. The molecule has 0 bridgehead atoms. The second-order valence-electron chi connectivity index (χ2n) is 6.64. The number of pyridine rings is 1. The lowest BCUT2D eigenvalue weighted by Crippen LogP contribution is -2.11. The summed E-state index contributed by atoms with van der Waals surface area (Å²) >= 11 is 1.60. The fourth-order valence-electron chi connectivity index (χ4n) is 2.77. The number of hydrogen-bond acceptors (Lipinski definition) is 10. The molecule has 4 rings (SSSR count). The predicted octanol–water partition coefficient (Wildman–Crippen LogP) is 3.71. The number of thiazole rings is 1. The SMILES string of the molecule is CC(C)Nc1cc(Nc2ccc3ncsc3c2)ncc1-c1nnc(NCCO)o1. The summed E-state index contributed by atoms with van der Waals surface area (Å²) in [6, 6.07) is 8.38. The zero-order valence-electron chi connectivity index (χ0n) is 16.0. The topological polar surface area (TPSA) is 121 Å². The zero-order chi connectivity index (χ0) is 20.2. The second-order valence-corrected chi connectivity index (χ2v) is 7.52. The van der Waals surface area contributed by atoms with Gasteiger partial charge in [0.25, 0.3) is 5.89 Å². The highest BCUT2D eigenvalue weighted by atomic mass is 32.1. The van der Waals surface area contributed by atoms with Gasteiger partial charge >= 0.3 is 6.01 Å². The lowest BCUT2D eigenvalue weighted by molar-refractivity contribution is 0.309. The van der Waals surface area contributed by atoms with E-state index in [-0.39, 0.29) is 18.7 Å². The van der Waals surface area contributed by atoms with Gasteiger partial charge in [-0.3, -0.25) is 0 Å². The Morgan fingerprint density at radius 2 is 2.07 bits per heavy atom. The average Bonchev–Trinajstić information content (AvgIpc) is 3.35. The first-order valence-electron chi connectivity index (χ1n) is 9.18. The van der Waals surface area contributed by atoms with Gasteiger partial charge in [0.15, 0.2) is 0 Å². The van der Waals surface area contributed by atoms with Crippen molar-refractivity contribution in [3.8, 4) is 11.5 Å². The molecule has 0 fully saturated rings. The molecule has 0 amide bonds. The highest BCUT2D eigenvalue weighted by molar-refractivity contribution is 7.16. The van der Waals surface area contributed by atoms with Crippen LogP contribution in [0, 0.1) is 0 Å². The molecule has 0 spiro atoms. The molecule has 1 aromatic carbocycles. The molecule has 0 radical (unpaired) electrons. The molecule has 9 nitrogen and oxygen atoms in total. The van der Waals surface area contributed by atoms with Crippen LogP contribution in [0.15, 0.2) is 40.4 Å². The van der Waals surface area contributed by atoms with Crippen LogP contribution in [0.2, 0.25) is 0 Å². The van der Waals surface area contributed by atoms with E-state index in [2.05, 4.69) is 56.0 Å². The summed E-state index contributed by atoms with van der Waals surface area (Å²) in [7, 11) is 0. The number of aliphatic hydroxyl groups is 1. The van der Waals surface area contributed by atoms with Gasteiger partial charge in [0.05, 0.1) is 33.6 Å². The Kier molecular flexibility index (Phi) is 5.54. The van der Waals surface area contributed by atoms with Crippen molar-refractivity contribution in [2.24, 2.45) is 0 Å². The number of aromatic nitrogens is 4. The standard InChI is InChI=1S/C19H21N7O2S/c1-11(2)23-15-8-17(24-12-3-4-14-16(7-12)29-10-22-14)21-9-13(15)18-25-26-19(28-18)20-5-6-27/h3-4,7-11,27H,5-6H2,1-2H3,(H,20,26)(H2,21,23,24). The molecule has 0 saturated carbocycles. The van der Waals surface area contributed by atoms with E-state index in [1.54, 1.807) is 17.5 Å². The summed E-state index contributed by atoms with van der Waals surface area (Å²) in [5, 5.41) is 26.5. The minimum absolute atomic E-state index is 0.0207. The third-order valence-electron chi connectivity index (χ3n) is 4.00. The van der Waals surface area contributed by atoms with E-state index < -0.39 is 0 Å². The molecule has 0 aliphatic rings. The third-order valence-corrected chi connectivity index (χ3v) is 4.79. The van der Waals surface area contributed by atoms with Crippen LogP contribution in [-0.2, 0) is 0 Å². The molecular formula is C19H21N7O2S. The first-order chi connectivity index (χ1) is 14.1. The van der Waals surface area contributed by atoms with E-state index in [4.69, 9.17) is 9.52 Å². The Morgan fingerprint density at radius 3 is 2.90 bits per heavy atom. The van der Waals surface area contributed by atoms with Gasteiger partial charge in [0, 0.05) is 30.5 Å². The van der Waals surface area contributed by atoms with E-state index in [1.165, 1.54) is 0 Å². The van der Waals surface area contributed by atoms with Crippen LogP contribution in [0.4, 0.5) is 23.2 Å². The molecule has 10 heteroatoms. The Labute approximate surface area is 171 Å². The maximum Gasteiger partial charge on any atom is 0.315 e. The van der Waals surface area contributed by atoms with E-state index in [0.717, 1.165) is 21.6 Å².